The molecule has 0 aliphatic carbocycles. The van der Waals surface area contributed by atoms with Crippen molar-refractivity contribution < 1.29 is 26.7 Å². The van der Waals surface area contributed by atoms with Crippen LogP contribution in [0.25, 0.3) is 0 Å². The van der Waals surface area contributed by atoms with Gasteiger partial charge < -0.3 is 0 Å². The monoisotopic (exact) mass is 534 g/mol. The molecule has 190 valence electrons. The van der Waals surface area contributed by atoms with Gasteiger partial charge >= 0.3 is 0 Å². The van der Waals surface area contributed by atoms with Crippen LogP contribution in [0.2, 0.25) is 0 Å². The van der Waals surface area contributed by atoms with E-state index in [1.165, 1.54) is 50.2 Å². The summed E-state index contributed by atoms with van der Waals surface area (Å²) < 4.78 is 57.3. The summed E-state index contributed by atoms with van der Waals surface area (Å²) in [6.07, 6.45) is 0. The summed E-state index contributed by atoms with van der Waals surface area (Å²) in [5.41, 5.74) is 0.644. The Balaban J connectivity index is 2.10. The van der Waals surface area contributed by atoms with Crippen molar-refractivity contribution in [2.75, 3.05) is 9.44 Å². The second-order valence-corrected chi connectivity index (χ2v) is 11.4. The summed E-state index contributed by atoms with van der Waals surface area (Å²) in [7, 11) is -8.75. The maximum Gasteiger partial charge on any atom is 0.270 e. The fourth-order valence-corrected chi connectivity index (χ4v) is 6.04. The van der Waals surface area contributed by atoms with Crippen molar-refractivity contribution in [1.29, 1.82) is 0 Å². The lowest BCUT2D eigenvalue weighted by Crippen LogP contribution is -2.19. The highest BCUT2D eigenvalue weighted by atomic mass is 32.2. The number of nitrogens with zero attached hydrogens (tertiary/aromatic N) is 2. The van der Waals surface area contributed by atoms with Gasteiger partial charge in [0.2, 0.25) is 0 Å². The van der Waals surface area contributed by atoms with Crippen molar-refractivity contribution in [2.45, 2.75) is 37.5 Å². The van der Waals surface area contributed by atoms with E-state index in [-0.39, 0.29) is 32.3 Å². The highest BCUT2D eigenvalue weighted by molar-refractivity contribution is 7.93. The number of benzene rings is 3. The van der Waals surface area contributed by atoms with Gasteiger partial charge in [-0.1, -0.05) is 12.1 Å². The second-order valence-electron chi connectivity index (χ2n) is 8.11. The van der Waals surface area contributed by atoms with E-state index in [0.717, 1.165) is 12.1 Å². The number of anilines is 2. The van der Waals surface area contributed by atoms with Crippen LogP contribution in [-0.2, 0) is 20.0 Å². The molecule has 0 atom stereocenters. The number of hydrogen-bond acceptors (Lipinski definition) is 8. The molecule has 0 fully saturated rings. The lowest BCUT2D eigenvalue weighted by Gasteiger charge is -2.18. The molecule has 0 heterocycles. The van der Waals surface area contributed by atoms with Gasteiger partial charge in [-0.15, -0.1) is 0 Å². The summed E-state index contributed by atoms with van der Waals surface area (Å²) in [5.74, 6) is 0. The Kier molecular flexibility index (Phi) is 7.04. The molecule has 3 aromatic rings. The summed E-state index contributed by atoms with van der Waals surface area (Å²) in [6.45, 7) is 6.31. The second kappa shape index (κ2) is 9.54. The third kappa shape index (κ3) is 5.44. The molecule has 3 rings (SSSR count). The Morgan fingerprint density at radius 2 is 0.917 bits per heavy atom. The van der Waals surface area contributed by atoms with Crippen LogP contribution < -0.4 is 9.44 Å². The number of hydrogen-bond donors (Lipinski definition) is 2. The van der Waals surface area contributed by atoms with E-state index in [9.17, 15) is 37.1 Å². The fourth-order valence-electron chi connectivity index (χ4n) is 3.37. The molecule has 0 radical (unpaired) electrons. The summed E-state index contributed by atoms with van der Waals surface area (Å²) in [4.78, 5) is 20.1. The molecule has 0 saturated carbocycles. The molecule has 2 N–H and O–H groups in total. The largest absolute Gasteiger partial charge is 0.277 e. The molecule has 0 spiro atoms. The topological polar surface area (TPSA) is 179 Å². The molecule has 3 aromatic carbocycles. The van der Waals surface area contributed by atoms with Crippen LogP contribution >= 0.6 is 0 Å². The number of rotatable bonds is 8. The third-order valence-corrected chi connectivity index (χ3v) is 8.48. The van der Waals surface area contributed by atoms with Gasteiger partial charge in [0.05, 0.1) is 31.0 Å². The quantitative estimate of drug-likeness (QED) is 0.316. The van der Waals surface area contributed by atoms with E-state index < -0.39 is 41.3 Å². The smallest absolute Gasteiger partial charge is 0.270 e. The minimum atomic E-state index is -4.38. The van der Waals surface area contributed by atoms with Gasteiger partial charge in [0.25, 0.3) is 31.4 Å². The minimum absolute atomic E-state index is 0.129. The average molecular weight is 535 g/mol. The summed E-state index contributed by atoms with van der Waals surface area (Å²) in [6, 6.07) is 9.58. The van der Waals surface area contributed by atoms with Crippen LogP contribution in [0.1, 0.15) is 22.3 Å². The van der Waals surface area contributed by atoms with Gasteiger partial charge in [0, 0.05) is 24.3 Å². The van der Waals surface area contributed by atoms with E-state index in [1.54, 1.807) is 13.8 Å². The molecule has 12 nitrogen and oxygen atoms in total. The average Bonchev–Trinajstić information content (AvgIpc) is 2.76. The molecule has 0 aromatic heterocycles. The van der Waals surface area contributed by atoms with Crippen molar-refractivity contribution in [3.8, 4) is 0 Å². The molecule has 0 saturated heterocycles. The van der Waals surface area contributed by atoms with Crippen molar-refractivity contribution in [3.05, 3.63) is 91.0 Å². The van der Waals surface area contributed by atoms with Crippen molar-refractivity contribution in [3.63, 3.8) is 0 Å². The highest BCUT2D eigenvalue weighted by Crippen LogP contribution is 2.33. The number of aryl methyl sites for hydroxylation is 4. The molecular formula is C22H22N4O8S2. The first-order valence-corrected chi connectivity index (χ1v) is 13.3. The maximum absolute atomic E-state index is 13.2. The Labute approximate surface area is 207 Å². The van der Waals surface area contributed by atoms with Crippen LogP contribution in [0.4, 0.5) is 22.7 Å². The van der Waals surface area contributed by atoms with E-state index in [2.05, 4.69) is 9.44 Å². The molecular weight excluding hydrogens is 512 g/mol. The van der Waals surface area contributed by atoms with Crippen LogP contribution in [0, 0.1) is 47.9 Å². The molecule has 0 bridgehead atoms. The first kappa shape index (κ1) is 26.6. The van der Waals surface area contributed by atoms with Crippen molar-refractivity contribution in [2.24, 2.45) is 0 Å². The SMILES string of the molecule is Cc1cc(NS(=O)(=O)c2cc([N+](=O)[O-])ccc2C)c(NS(=O)(=O)c2cc([N+](=O)[O-])ccc2C)cc1C. The normalized spacial score (nSPS) is 11.7. The molecule has 0 unspecified atom stereocenters. The third-order valence-electron chi connectivity index (χ3n) is 5.47. The zero-order chi connectivity index (χ0) is 27.0. The molecule has 0 aliphatic rings. The zero-order valence-corrected chi connectivity index (χ0v) is 21.2. The van der Waals surface area contributed by atoms with Gasteiger partial charge in [-0.05, 0) is 62.1 Å². The van der Waals surface area contributed by atoms with Crippen LogP contribution in [-0.4, -0.2) is 26.7 Å². The van der Waals surface area contributed by atoms with E-state index >= 15 is 0 Å². The lowest BCUT2D eigenvalue weighted by molar-refractivity contribution is -0.385. The highest BCUT2D eigenvalue weighted by Gasteiger charge is 2.25. The van der Waals surface area contributed by atoms with Crippen LogP contribution in [0.3, 0.4) is 0 Å². The molecule has 36 heavy (non-hydrogen) atoms. The van der Waals surface area contributed by atoms with Gasteiger partial charge in [-0.3, -0.25) is 29.7 Å². The first-order valence-electron chi connectivity index (χ1n) is 10.3. The number of sulfonamides is 2. The van der Waals surface area contributed by atoms with Gasteiger partial charge in [-0.2, -0.15) is 0 Å². The lowest BCUT2D eigenvalue weighted by atomic mass is 10.1. The van der Waals surface area contributed by atoms with E-state index in [4.69, 9.17) is 0 Å². The molecule has 0 aliphatic heterocycles. The predicted molar refractivity (Wildman–Crippen MR) is 133 cm³/mol. The van der Waals surface area contributed by atoms with Crippen LogP contribution in [0.5, 0.6) is 0 Å². The van der Waals surface area contributed by atoms with Crippen LogP contribution in [0.15, 0.2) is 58.3 Å². The zero-order valence-electron chi connectivity index (χ0n) is 19.6. The van der Waals surface area contributed by atoms with Crippen molar-refractivity contribution in [1.82, 2.24) is 0 Å². The minimum Gasteiger partial charge on any atom is -0.277 e. The summed E-state index contributed by atoms with van der Waals surface area (Å²) >= 11 is 0. The number of nitrogens with one attached hydrogen (secondary N) is 2. The molecule has 0 amide bonds. The van der Waals surface area contributed by atoms with E-state index in [1.807, 2.05) is 0 Å². The number of nitro benzene ring substituents is 2. The standard InChI is InChI=1S/C22H22N4O8S2/c1-13-5-7-17(25(27)28)11-21(13)35(31,32)23-19-9-15(3)16(4)10-20(19)24-36(33,34)22-12-18(26(29)30)8-6-14(22)2/h5-12,23-24H,1-4H3. The van der Waals surface area contributed by atoms with Gasteiger partial charge in [0.1, 0.15) is 0 Å². The summed E-state index contributed by atoms with van der Waals surface area (Å²) in [5, 5.41) is 22.3. The number of non-ortho nitro benzene ring substituents is 2. The van der Waals surface area contributed by atoms with Gasteiger partial charge in [-0.25, -0.2) is 16.8 Å². The van der Waals surface area contributed by atoms with E-state index in [0.29, 0.717) is 11.1 Å². The molecule has 14 heteroatoms. The Hall–Kier alpha value is -4.04. The van der Waals surface area contributed by atoms with Crippen molar-refractivity contribution >= 4 is 42.8 Å². The maximum atomic E-state index is 13.2. The predicted octanol–water partition coefficient (Wildman–Crippen LogP) is 4.34. The Morgan fingerprint density at radius 1 is 0.583 bits per heavy atom. The Bertz CT molecular complexity index is 1500. The number of nitro groups is 2. The van der Waals surface area contributed by atoms with Gasteiger partial charge in [0.15, 0.2) is 0 Å². The first-order chi connectivity index (χ1) is 16.6. The fraction of sp³-hybridized carbons (Fsp3) is 0.182. The Morgan fingerprint density at radius 3 is 1.22 bits per heavy atom.